The first-order chi connectivity index (χ1) is 8.54. The second kappa shape index (κ2) is 4.90. The van der Waals surface area contributed by atoms with E-state index in [-0.39, 0.29) is 5.56 Å². The Labute approximate surface area is 106 Å². The van der Waals surface area contributed by atoms with Crippen LogP contribution >= 0.6 is 0 Å². The molecule has 0 aliphatic heterocycles. The molecule has 0 aliphatic rings. The third-order valence-corrected chi connectivity index (χ3v) is 3.14. The van der Waals surface area contributed by atoms with Crippen LogP contribution in [0, 0.1) is 0 Å². The molecule has 0 aliphatic carbocycles. The molecule has 2 aromatic rings. The first kappa shape index (κ1) is 12.8. The van der Waals surface area contributed by atoms with Crippen molar-refractivity contribution in [2.24, 2.45) is 0 Å². The maximum Gasteiger partial charge on any atom is 0.258 e. The number of para-hydroxylation sites is 1. The molecule has 0 spiro atoms. The van der Waals surface area contributed by atoms with Crippen LogP contribution in [0.15, 0.2) is 29.1 Å². The second-order valence-corrected chi connectivity index (χ2v) is 4.81. The van der Waals surface area contributed by atoms with Crippen LogP contribution in [0.2, 0.25) is 0 Å². The number of nitrogens with one attached hydrogen (secondary N) is 1. The number of fused-ring (bicyclic) bond motifs is 1. The summed E-state index contributed by atoms with van der Waals surface area (Å²) in [6.45, 7) is 3.75. The fraction of sp³-hybridized carbons (Fsp3) is 0.429. The summed E-state index contributed by atoms with van der Waals surface area (Å²) in [5.74, 6) is 0.347. The number of rotatable bonds is 4. The molecule has 0 saturated carbocycles. The number of unbranched alkanes of at least 4 members (excludes halogenated alkanes) is 1. The number of aromatic amines is 1. The Morgan fingerprint density at radius 2 is 2.11 bits per heavy atom. The summed E-state index contributed by atoms with van der Waals surface area (Å²) in [4.78, 5) is 19.0. The summed E-state index contributed by atoms with van der Waals surface area (Å²) in [6.07, 6.45) is 2.47. The summed E-state index contributed by atoms with van der Waals surface area (Å²) < 4.78 is 0. The van der Waals surface area contributed by atoms with Gasteiger partial charge < -0.3 is 10.1 Å². The standard InChI is InChI=1S/C14H18N2O2/c1-3-4-9-14(2,18)13-15-11-8-6-5-7-10(11)12(17)16-13/h5-8,18H,3-4,9H2,1-2H3,(H,15,16,17). The third-order valence-electron chi connectivity index (χ3n) is 3.14. The molecular weight excluding hydrogens is 228 g/mol. The van der Waals surface area contributed by atoms with Gasteiger partial charge in [-0.15, -0.1) is 0 Å². The van der Waals surface area contributed by atoms with Crippen LogP contribution in [0.25, 0.3) is 10.9 Å². The molecule has 0 bridgehead atoms. The molecule has 2 rings (SSSR count). The largest absolute Gasteiger partial charge is 0.382 e. The zero-order valence-electron chi connectivity index (χ0n) is 10.7. The van der Waals surface area contributed by atoms with Gasteiger partial charge in [0.15, 0.2) is 0 Å². The Bertz CT molecular complexity index is 602. The van der Waals surface area contributed by atoms with Crippen LogP contribution in [0.1, 0.15) is 38.9 Å². The highest BCUT2D eigenvalue weighted by atomic mass is 16.3. The predicted molar refractivity (Wildman–Crippen MR) is 71.5 cm³/mol. The maximum atomic E-state index is 11.9. The molecule has 0 amide bonds. The molecule has 0 radical (unpaired) electrons. The fourth-order valence-corrected chi connectivity index (χ4v) is 1.98. The lowest BCUT2D eigenvalue weighted by molar-refractivity contribution is 0.0362. The lowest BCUT2D eigenvalue weighted by Crippen LogP contribution is -2.27. The Morgan fingerprint density at radius 1 is 1.39 bits per heavy atom. The van der Waals surface area contributed by atoms with Gasteiger partial charge in [-0.2, -0.15) is 0 Å². The summed E-state index contributed by atoms with van der Waals surface area (Å²) in [5.41, 5.74) is -0.667. The molecule has 96 valence electrons. The van der Waals surface area contributed by atoms with E-state index in [1.165, 1.54) is 0 Å². The van der Waals surface area contributed by atoms with E-state index in [4.69, 9.17) is 0 Å². The molecule has 18 heavy (non-hydrogen) atoms. The first-order valence-corrected chi connectivity index (χ1v) is 6.26. The molecule has 4 nitrogen and oxygen atoms in total. The molecule has 2 N–H and O–H groups in total. The number of hydrogen-bond donors (Lipinski definition) is 2. The number of aromatic nitrogens is 2. The van der Waals surface area contributed by atoms with E-state index in [0.29, 0.717) is 23.1 Å². The first-order valence-electron chi connectivity index (χ1n) is 6.26. The van der Waals surface area contributed by atoms with Crippen molar-refractivity contribution < 1.29 is 5.11 Å². The topological polar surface area (TPSA) is 66.0 Å². The summed E-state index contributed by atoms with van der Waals surface area (Å²) >= 11 is 0. The number of nitrogens with zero attached hydrogens (tertiary/aromatic N) is 1. The molecule has 0 fully saturated rings. The Balaban J connectivity index is 2.49. The average molecular weight is 246 g/mol. The van der Waals surface area contributed by atoms with Crippen LogP contribution in [0.5, 0.6) is 0 Å². The molecule has 1 aromatic heterocycles. The van der Waals surface area contributed by atoms with Crippen LogP contribution < -0.4 is 5.56 Å². The van der Waals surface area contributed by atoms with Crippen molar-refractivity contribution in [2.45, 2.75) is 38.7 Å². The zero-order chi connectivity index (χ0) is 13.2. The van der Waals surface area contributed by atoms with Crippen molar-refractivity contribution in [2.75, 3.05) is 0 Å². The maximum absolute atomic E-state index is 11.9. The van der Waals surface area contributed by atoms with Gasteiger partial charge in [0.25, 0.3) is 5.56 Å². The van der Waals surface area contributed by atoms with Crippen molar-refractivity contribution in [3.63, 3.8) is 0 Å². The Morgan fingerprint density at radius 3 is 2.83 bits per heavy atom. The smallest absolute Gasteiger partial charge is 0.258 e. The van der Waals surface area contributed by atoms with Crippen LogP contribution in [-0.2, 0) is 5.60 Å². The minimum Gasteiger partial charge on any atom is -0.382 e. The zero-order valence-corrected chi connectivity index (χ0v) is 10.7. The van der Waals surface area contributed by atoms with Gasteiger partial charge in [-0.3, -0.25) is 4.79 Å². The monoisotopic (exact) mass is 246 g/mol. The van der Waals surface area contributed by atoms with E-state index in [0.717, 1.165) is 12.8 Å². The Hall–Kier alpha value is -1.68. The van der Waals surface area contributed by atoms with Gasteiger partial charge in [-0.25, -0.2) is 4.98 Å². The van der Waals surface area contributed by atoms with Crippen molar-refractivity contribution in [1.29, 1.82) is 0 Å². The average Bonchev–Trinajstić information content (AvgIpc) is 2.36. The van der Waals surface area contributed by atoms with Crippen molar-refractivity contribution in [3.8, 4) is 0 Å². The number of aliphatic hydroxyl groups is 1. The summed E-state index contributed by atoms with van der Waals surface area (Å²) in [7, 11) is 0. The molecule has 1 heterocycles. The molecule has 1 atom stereocenters. The molecule has 4 heteroatoms. The van der Waals surface area contributed by atoms with Crippen molar-refractivity contribution >= 4 is 10.9 Å². The lowest BCUT2D eigenvalue weighted by atomic mass is 9.98. The van der Waals surface area contributed by atoms with E-state index < -0.39 is 5.60 Å². The summed E-state index contributed by atoms with van der Waals surface area (Å²) in [5, 5.41) is 10.9. The quantitative estimate of drug-likeness (QED) is 0.870. The lowest BCUT2D eigenvalue weighted by Gasteiger charge is -2.22. The van der Waals surface area contributed by atoms with E-state index in [1.807, 2.05) is 6.07 Å². The van der Waals surface area contributed by atoms with Gasteiger partial charge in [-0.05, 0) is 25.5 Å². The van der Waals surface area contributed by atoms with E-state index in [1.54, 1.807) is 25.1 Å². The highest BCUT2D eigenvalue weighted by Crippen LogP contribution is 2.23. The summed E-state index contributed by atoms with van der Waals surface area (Å²) in [6, 6.07) is 7.14. The van der Waals surface area contributed by atoms with E-state index in [9.17, 15) is 9.90 Å². The minimum absolute atomic E-state index is 0.202. The number of H-pyrrole nitrogens is 1. The third kappa shape index (κ3) is 2.43. The SMILES string of the molecule is CCCCC(C)(O)c1nc2ccccc2c(=O)[nH]1. The van der Waals surface area contributed by atoms with E-state index in [2.05, 4.69) is 16.9 Å². The van der Waals surface area contributed by atoms with Crippen LogP contribution in [-0.4, -0.2) is 15.1 Å². The normalized spacial score (nSPS) is 14.6. The van der Waals surface area contributed by atoms with Gasteiger partial charge in [0.2, 0.25) is 0 Å². The molecule has 0 saturated heterocycles. The molecular formula is C14H18N2O2. The predicted octanol–water partition coefficient (Wildman–Crippen LogP) is 2.32. The highest BCUT2D eigenvalue weighted by Gasteiger charge is 2.25. The van der Waals surface area contributed by atoms with Crippen LogP contribution in [0.3, 0.4) is 0 Å². The molecule has 1 aromatic carbocycles. The highest BCUT2D eigenvalue weighted by molar-refractivity contribution is 5.77. The van der Waals surface area contributed by atoms with Gasteiger partial charge in [-0.1, -0.05) is 31.9 Å². The number of benzene rings is 1. The van der Waals surface area contributed by atoms with Gasteiger partial charge in [0.05, 0.1) is 10.9 Å². The molecule has 1 unspecified atom stereocenters. The van der Waals surface area contributed by atoms with Crippen molar-refractivity contribution in [1.82, 2.24) is 9.97 Å². The van der Waals surface area contributed by atoms with Gasteiger partial charge >= 0.3 is 0 Å². The van der Waals surface area contributed by atoms with Gasteiger partial charge in [0.1, 0.15) is 11.4 Å². The van der Waals surface area contributed by atoms with Gasteiger partial charge in [0, 0.05) is 0 Å². The van der Waals surface area contributed by atoms with Crippen molar-refractivity contribution in [3.05, 3.63) is 40.4 Å². The Kier molecular flexibility index (Phi) is 3.48. The van der Waals surface area contributed by atoms with E-state index >= 15 is 0 Å². The minimum atomic E-state index is -1.08. The van der Waals surface area contributed by atoms with Crippen LogP contribution in [0.4, 0.5) is 0 Å². The fourth-order valence-electron chi connectivity index (χ4n) is 1.98. The number of hydrogen-bond acceptors (Lipinski definition) is 3. The second-order valence-electron chi connectivity index (χ2n) is 4.81.